The number of aromatic nitrogens is 1. The molecule has 228 valence electrons. The van der Waals surface area contributed by atoms with Gasteiger partial charge in [-0.05, 0) is 54.8 Å². The summed E-state index contributed by atoms with van der Waals surface area (Å²) in [4.78, 5) is 38.4. The van der Waals surface area contributed by atoms with E-state index in [2.05, 4.69) is 4.74 Å². The molecule has 3 aromatic carbocycles. The smallest absolute Gasteiger partial charge is 0.308 e. The number of methoxy groups -OCH3 is 1. The first-order valence-corrected chi connectivity index (χ1v) is 14.2. The van der Waals surface area contributed by atoms with E-state index in [1.807, 2.05) is 19.9 Å². The van der Waals surface area contributed by atoms with E-state index in [-0.39, 0.29) is 36.2 Å². The number of benzene rings is 3. The highest BCUT2D eigenvalue weighted by molar-refractivity contribution is 6.07. The first-order valence-electron chi connectivity index (χ1n) is 14.2. The lowest BCUT2D eigenvalue weighted by Gasteiger charge is -2.19. The van der Waals surface area contributed by atoms with Gasteiger partial charge < -0.3 is 14.4 Å². The zero-order valence-electron chi connectivity index (χ0n) is 24.7. The quantitative estimate of drug-likeness (QED) is 0.108. The highest BCUT2D eigenvalue weighted by atomic mass is 19.2. The molecule has 1 N–H and O–H groups in total. The molecule has 1 unspecified atom stereocenters. The summed E-state index contributed by atoms with van der Waals surface area (Å²) in [5.74, 6) is -2.47. The van der Waals surface area contributed by atoms with Gasteiger partial charge in [0.2, 0.25) is 0 Å². The van der Waals surface area contributed by atoms with Gasteiger partial charge >= 0.3 is 5.97 Å². The van der Waals surface area contributed by atoms with E-state index in [0.29, 0.717) is 33.5 Å². The molecular formula is C35H34F2N2O5. The average Bonchev–Trinajstić information content (AvgIpc) is 3.36. The van der Waals surface area contributed by atoms with Gasteiger partial charge in [0.1, 0.15) is 11.5 Å². The van der Waals surface area contributed by atoms with Crippen molar-refractivity contribution in [3.63, 3.8) is 0 Å². The second kappa shape index (κ2) is 14.5. The van der Waals surface area contributed by atoms with Crippen LogP contribution in [0.1, 0.15) is 54.5 Å². The summed E-state index contributed by atoms with van der Waals surface area (Å²) in [5.41, 5.74) is 3.16. The Balaban J connectivity index is 1.93. The van der Waals surface area contributed by atoms with Gasteiger partial charge in [0.05, 0.1) is 31.9 Å². The Bertz CT molecular complexity index is 1630. The topological polar surface area (TPSA) is 88.8 Å². The second-order valence-corrected chi connectivity index (χ2v) is 10.6. The van der Waals surface area contributed by atoms with E-state index in [4.69, 9.17) is 0 Å². The van der Waals surface area contributed by atoms with E-state index in [0.717, 1.165) is 0 Å². The van der Waals surface area contributed by atoms with Crippen LogP contribution in [0.15, 0.2) is 91.0 Å². The molecule has 44 heavy (non-hydrogen) atoms. The van der Waals surface area contributed by atoms with Crippen molar-refractivity contribution in [1.29, 1.82) is 0 Å². The van der Waals surface area contributed by atoms with Crippen LogP contribution < -0.4 is 0 Å². The minimum absolute atomic E-state index is 0.0572. The number of carbonyl (C=O) groups is 3. The van der Waals surface area contributed by atoms with Gasteiger partial charge in [-0.25, -0.2) is 4.39 Å². The summed E-state index contributed by atoms with van der Waals surface area (Å²) in [5, 5.41) is 10.3. The summed E-state index contributed by atoms with van der Waals surface area (Å²) >= 11 is 0. The molecular weight excluding hydrogens is 566 g/mol. The van der Waals surface area contributed by atoms with E-state index >= 15 is 4.48 Å². The molecule has 0 aliphatic carbocycles. The highest BCUT2D eigenvalue weighted by Gasteiger charge is 2.32. The zero-order chi connectivity index (χ0) is 31.8. The number of rotatable bonds is 12. The van der Waals surface area contributed by atoms with Crippen molar-refractivity contribution in [2.24, 2.45) is 0 Å². The van der Waals surface area contributed by atoms with Crippen molar-refractivity contribution in [2.75, 3.05) is 7.11 Å². The van der Waals surface area contributed by atoms with Gasteiger partial charge in [-0.3, -0.25) is 14.4 Å². The third-order valence-corrected chi connectivity index (χ3v) is 7.04. The third-order valence-electron chi connectivity index (χ3n) is 7.04. The minimum Gasteiger partial charge on any atom is -0.469 e. The Hall–Kier alpha value is -4.89. The van der Waals surface area contributed by atoms with Crippen molar-refractivity contribution in [3.05, 3.63) is 114 Å². The number of allylic oxidation sites excluding steroid dienone is 1. The first-order chi connectivity index (χ1) is 21.1. The summed E-state index contributed by atoms with van der Waals surface area (Å²) < 4.78 is 36.0. The monoisotopic (exact) mass is 600 g/mol. The molecule has 1 atom stereocenters. The Kier molecular flexibility index (Phi) is 10.6. The largest absolute Gasteiger partial charge is 0.469 e. The molecule has 7 nitrogen and oxygen atoms in total. The molecule has 4 aromatic rings. The number of aliphatic hydroxyl groups excluding tert-OH is 1. The normalized spacial score (nSPS) is 12.0. The fourth-order valence-corrected chi connectivity index (χ4v) is 5.06. The lowest BCUT2D eigenvalue weighted by Crippen LogP contribution is -2.26. The van der Waals surface area contributed by atoms with Gasteiger partial charge in [-0.1, -0.05) is 77.3 Å². The van der Waals surface area contributed by atoms with E-state index in [1.54, 1.807) is 71.3 Å². The predicted octanol–water partition coefficient (Wildman–Crippen LogP) is 6.97. The molecule has 4 rings (SSSR count). The van der Waals surface area contributed by atoms with Crippen molar-refractivity contribution in [2.45, 2.75) is 45.4 Å². The number of amides is 1. The van der Waals surface area contributed by atoms with Crippen LogP contribution in [0.4, 0.5) is 8.87 Å². The van der Waals surface area contributed by atoms with Crippen molar-refractivity contribution in [1.82, 2.24) is 9.69 Å². The third kappa shape index (κ3) is 7.54. The lowest BCUT2D eigenvalue weighted by atomic mass is 9.94. The zero-order valence-corrected chi connectivity index (χ0v) is 24.7. The number of hydrogen-bond acceptors (Lipinski definition) is 5. The fourth-order valence-electron chi connectivity index (χ4n) is 5.06. The molecule has 0 radical (unpaired) electrons. The molecule has 0 bridgehead atoms. The van der Waals surface area contributed by atoms with E-state index in [9.17, 15) is 23.9 Å². The number of ketones is 1. The van der Waals surface area contributed by atoms with Crippen LogP contribution >= 0.6 is 0 Å². The molecule has 0 aliphatic rings. The molecule has 9 heteroatoms. The molecule has 1 amide bonds. The molecule has 1 aromatic heterocycles. The number of aliphatic hydroxyl groups is 1. The van der Waals surface area contributed by atoms with Crippen molar-refractivity contribution >= 4 is 23.7 Å². The molecule has 0 saturated carbocycles. The summed E-state index contributed by atoms with van der Waals surface area (Å²) in [7, 11) is 1.19. The first kappa shape index (κ1) is 32.0. The van der Waals surface area contributed by atoms with Crippen LogP contribution in [0.25, 0.3) is 28.3 Å². The maximum absolute atomic E-state index is 15.8. The van der Waals surface area contributed by atoms with Gasteiger partial charge in [-0.2, -0.15) is 5.12 Å². The Morgan fingerprint density at radius 2 is 1.48 bits per heavy atom. The number of halogens is 2. The van der Waals surface area contributed by atoms with Crippen LogP contribution in [0.3, 0.4) is 0 Å². The maximum Gasteiger partial charge on any atom is 0.308 e. The molecule has 1 heterocycles. The Morgan fingerprint density at radius 1 is 0.886 bits per heavy atom. The standard InChI is InChI=1S/C35H34F2N2O5/c1-23(2)39-30(19-18-28(40)20-29(41)21-31(42)44-3)32(26-14-16-27(36)17-15-26)33(25-12-8-5-9-13-25)34(39)35(43)38(37)22-24-10-6-4-7-11-24/h4-19,23,29,41H,20-22H2,1-3H3. The summed E-state index contributed by atoms with van der Waals surface area (Å²) in [6, 6.07) is 23.1. The predicted molar refractivity (Wildman–Crippen MR) is 164 cm³/mol. The maximum atomic E-state index is 15.8. The van der Waals surface area contributed by atoms with Crippen molar-refractivity contribution in [3.8, 4) is 22.3 Å². The Morgan fingerprint density at radius 3 is 2.07 bits per heavy atom. The van der Waals surface area contributed by atoms with E-state index < -0.39 is 29.6 Å². The number of nitrogens with zero attached hydrogens (tertiary/aromatic N) is 2. The molecule has 0 aliphatic heterocycles. The van der Waals surface area contributed by atoms with Gasteiger partial charge in [0, 0.05) is 23.6 Å². The average molecular weight is 601 g/mol. The molecule has 0 spiro atoms. The molecule has 0 fully saturated rings. The van der Waals surface area contributed by atoms with E-state index in [1.165, 1.54) is 31.4 Å². The van der Waals surface area contributed by atoms with Crippen molar-refractivity contribution < 1.29 is 33.1 Å². The SMILES string of the molecule is COC(=O)CC(O)CC(=O)C=Cc1c(-c2ccc(F)cc2)c(-c2ccccc2)c(C(=O)N(F)Cc2ccccc2)n1C(C)C. The highest BCUT2D eigenvalue weighted by Crippen LogP contribution is 2.43. The van der Waals surface area contributed by atoms with Gasteiger partial charge in [0.25, 0.3) is 5.91 Å². The number of esters is 1. The Labute approximate surface area is 254 Å². The second-order valence-electron chi connectivity index (χ2n) is 10.6. The molecule has 0 saturated heterocycles. The number of carbonyl (C=O) groups excluding carboxylic acids is 3. The number of ether oxygens (including phenoxy) is 1. The van der Waals surface area contributed by atoms with Crippen LogP contribution in [-0.4, -0.2) is 45.7 Å². The van der Waals surface area contributed by atoms with Crippen LogP contribution in [0.5, 0.6) is 0 Å². The van der Waals surface area contributed by atoms with Gasteiger partial charge in [0.15, 0.2) is 5.78 Å². The summed E-state index contributed by atoms with van der Waals surface area (Å²) in [6.07, 6.45) is 0.829. The fraction of sp³-hybridized carbons (Fsp3) is 0.229. The minimum atomic E-state index is -1.25. The number of hydrogen-bond donors (Lipinski definition) is 1. The van der Waals surface area contributed by atoms with Crippen LogP contribution in [-0.2, 0) is 20.9 Å². The van der Waals surface area contributed by atoms with Crippen LogP contribution in [0, 0.1) is 5.82 Å². The summed E-state index contributed by atoms with van der Waals surface area (Å²) in [6.45, 7) is 3.38. The van der Waals surface area contributed by atoms with Gasteiger partial charge in [-0.15, -0.1) is 0 Å². The van der Waals surface area contributed by atoms with Crippen LogP contribution in [0.2, 0.25) is 0 Å². The lowest BCUT2D eigenvalue weighted by molar-refractivity contribution is -0.143.